The Labute approximate surface area is 94.1 Å². The van der Waals surface area contributed by atoms with Gasteiger partial charge in [0, 0.05) is 13.1 Å². The number of anilines is 1. The van der Waals surface area contributed by atoms with Crippen molar-refractivity contribution in [2.45, 2.75) is 19.8 Å². The Morgan fingerprint density at radius 3 is 2.88 bits per heavy atom. The first-order chi connectivity index (χ1) is 7.70. The van der Waals surface area contributed by atoms with Crippen molar-refractivity contribution in [2.75, 3.05) is 18.0 Å². The molecule has 1 aliphatic heterocycles. The van der Waals surface area contributed by atoms with Crippen LogP contribution in [-0.4, -0.2) is 34.1 Å². The molecule has 1 atom stereocenters. The van der Waals surface area contributed by atoms with E-state index in [0.29, 0.717) is 0 Å². The lowest BCUT2D eigenvalue weighted by molar-refractivity contribution is 0.0690. The molecule has 5 nitrogen and oxygen atoms in total. The maximum Gasteiger partial charge on any atom is 0.356 e. The van der Waals surface area contributed by atoms with Gasteiger partial charge in [-0.05, 0) is 12.3 Å². The zero-order chi connectivity index (χ0) is 11.5. The minimum atomic E-state index is -1.04. The number of carbonyl (C=O) groups is 1. The first-order valence-corrected chi connectivity index (χ1v) is 5.51. The molecule has 1 N–H and O–H groups in total. The molecule has 1 saturated heterocycles. The van der Waals surface area contributed by atoms with Crippen molar-refractivity contribution in [3.63, 3.8) is 0 Å². The second-order valence-corrected chi connectivity index (χ2v) is 4.07. The highest BCUT2D eigenvalue weighted by molar-refractivity contribution is 5.84. The number of aromatic carboxylic acids is 1. The molecule has 0 unspecified atom stereocenters. The average molecular weight is 221 g/mol. The van der Waals surface area contributed by atoms with E-state index in [1.807, 2.05) is 0 Å². The fraction of sp³-hybridized carbons (Fsp3) is 0.545. The van der Waals surface area contributed by atoms with Crippen LogP contribution in [0.3, 0.4) is 0 Å². The topological polar surface area (TPSA) is 66.3 Å². The molecule has 16 heavy (non-hydrogen) atoms. The molecule has 5 heteroatoms. The van der Waals surface area contributed by atoms with E-state index in [0.717, 1.165) is 24.8 Å². The van der Waals surface area contributed by atoms with Gasteiger partial charge in [0.05, 0.1) is 12.4 Å². The number of carboxylic acids is 1. The number of hydrogen-bond acceptors (Lipinski definition) is 4. The Hall–Kier alpha value is -1.65. The normalized spacial score (nSPS) is 20.1. The van der Waals surface area contributed by atoms with Crippen LogP contribution in [0.25, 0.3) is 0 Å². The Morgan fingerprint density at radius 2 is 2.38 bits per heavy atom. The molecule has 86 valence electrons. The monoisotopic (exact) mass is 221 g/mol. The predicted molar refractivity (Wildman–Crippen MR) is 59.6 cm³/mol. The van der Waals surface area contributed by atoms with Crippen molar-refractivity contribution in [2.24, 2.45) is 5.92 Å². The third-order valence-electron chi connectivity index (χ3n) is 3.04. The van der Waals surface area contributed by atoms with Gasteiger partial charge in [-0.2, -0.15) is 0 Å². The van der Waals surface area contributed by atoms with E-state index in [2.05, 4.69) is 21.8 Å². The molecule has 0 amide bonds. The van der Waals surface area contributed by atoms with Gasteiger partial charge < -0.3 is 10.0 Å². The van der Waals surface area contributed by atoms with E-state index in [4.69, 9.17) is 5.11 Å². The van der Waals surface area contributed by atoms with Gasteiger partial charge in [0.15, 0.2) is 5.69 Å². The van der Waals surface area contributed by atoms with Crippen LogP contribution in [0.15, 0.2) is 12.4 Å². The predicted octanol–water partition coefficient (Wildman–Crippen LogP) is 1.41. The number of rotatable bonds is 3. The maximum absolute atomic E-state index is 10.6. The second kappa shape index (κ2) is 4.47. The molecular weight excluding hydrogens is 206 g/mol. The van der Waals surface area contributed by atoms with Crippen LogP contribution in [-0.2, 0) is 0 Å². The van der Waals surface area contributed by atoms with Crippen LogP contribution in [0.2, 0.25) is 0 Å². The van der Waals surface area contributed by atoms with Crippen molar-refractivity contribution in [3.05, 3.63) is 18.1 Å². The molecule has 2 heterocycles. The summed E-state index contributed by atoms with van der Waals surface area (Å²) < 4.78 is 0. The molecule has 1 aromatic heterocycles. The molecular formula is C11H15N3O2. The lowest BCUT2D eigenvalue weighted by Crippen LogP contribution is -2.21. The largest absolute Gasteiger partial charge is 0.476 e. The molecule has 2 rings (SSSR count). The van der Waals surface area contributed by atoms with Gasteiger partial charge in [-0.1, -0.05) is 13.3 Å². The fourth-order valence-corrected chi connectivity index (χ4v) is 1.97. The first-order valence-electron chi connectivity index (χ1n) is 5.51. The van der Waals surface area contributed by atoms with Crippen LogP contribution in [0.1, 0.15) is 30.3 Å². The second-order valence-electron chi connectivity index (χ2n) is 4.07. The lowest BCUT2D eigenvalue weighted by Gasteiger charge is -2.16. The molecule has 0 radical (unpaired) electrons. The van der Waals surface area contributed by atoms with Crippen molar-refractivity contribution < 1.29 is 9.90 Å². The Balaban J connectivity index is 2.08. The van der Waals surface area contributed by atoms with Gasteiger partial charge in [0.1, 0.15) is 5.82 Å². The molecule has 1 aromatic rings. The standard InChI is InChI=1S/C11H15N3O2/c1-2-8-3-4-14(7-8)10-6-12-9(5-13-10)11(15)16/h5-6,8H,2-4,7H2,1H3,(H,15,16)/t8-/m1/s1. The van der Waals surface area contributed by atoms with Crippen LogP contribution in [0.5, 0.6) is 0 Å². The fourth-order valence-electron chi connectivity index (χ4n) is 1.97. The van der Waals surface area contributed by atoms with Crippen LogP contribution in [0, 0.1) is 5.92 Å². The van der Waals surface area contributed by atoms with E-state index < -0.39 is 5.97 Å². The molecule has 0 aliphatic carbocycles. The van der Waals surface area contributed by atoms with E-state index in [1.54, 1.807) is 6.20 Å². The molecule has 0 saturated carbocycles. The van der Waals surface area contributed by atoms with Crippen molar-refractivity contribution in [1.29, 1.82) is 0 Å². The molecule has 0 aromatic carbocycles. The number of aromatic nitrogens is 2. The molecule has 1 aliphatic rings. The quantitative estimate of drug-likeness (QED) is 0.836. The maximum atomic E-state index is 10.6. The summed E-state index contributed by atoms with van der Waals surface area (Å²) in [5.41, 5.74) is -0.00464. The number of nitrogens with zero attached hydrogens (tertiary/aromatic N) is 3. The van der Waals surface area contributed by atoms with Crippen molar-refractivity contribution in [1.82, 2.24) is 9.97 Å². The van der Waals surface area contributed by atoms with E-state index in [-0.39, 0.29) is 5.69 Å². The SMILES string of the molecule is CC[C@@H]1CCN(c2cnc(C(=O)O)cn2)C1. The van der Waals surface area contributed by atoms with Gasteiger partial charge >= 0.3 is 5.97 Å². The smallest absolute Gasteiger partial charge is 0.356 e. The molecule has 0 bridgehead atoms. The summed E-state index contributed by atoms with van der Waals surface area (Å²) in [6.07, 6.45) is 5.22. The van der Waals surface area contributed by atoms with Gasteiger partial charge in [0.2, 0.25) is 0 Å². The summed E-state index contributed by atoms with van der Waals surface area (Å²) in [6, 6.07) is 0. The Bertz CT molecular complexity index is 377. The number of carboxylic acid groups (broad SMARTS) is 1. The van der Waals surface area contributed by atoms with E-state index in [1.165, 1.54) is 19.0 Å². The van der Waals surface area contributed by atoms with Gasteiger partial charge in [-0.25, -0.2) is 14.8 Å². The zero-order valence-corrected chi connectivity index (χ0v) is 9.26. The minimum Gasteiger partial charge on any atom is -0.476 e. The summed E-state index contributed by atoms with van der Waals surface area (Å²) in [5, 5.41) is 8.71. The van der Waals surface area contributed by atoms with Gasteiger partial charge in [-0.3, -0.25) is 0 Å². The van der Waals surface area contributed by atoms with E-state index in [9.17, 15) is 4.79 Å². The van der Waals surface area contributed by atoms with Gasteiger partial charge in [-0.15, -0.1) is 0 Å². The van der Waals surface area contributed by atoms with Crippen LogP contribution >= 0.6 is 0 Å². The summed E-state index contributed by atoms with van der Waals surface area (Å²) >= 11 is 0. The Morgan fingerprint density at radius 1 is 1.56 bits per heavy atom. The van der Waals surface area contributed by atoms with E-state index >= 15 is 0 Å². The third kappa shape index (κ3) is 2.13. The third-order valence-corrected chi connectivity index (χ3v) is 3.04. The minimum absolute atomic E-state index is 0.00464. The highest BCUT2D eigenvalue weighted by Crippen LogP contribution is 2.23. The lowest BCUT2D eigenvalue weighted by atomic mass is 10.1. The summed E-state index contributed by atoms with van der Waals surface area (Å²) in [4.78, 5) is 20.8. The zero-order valence-electron chi connectivity index (χ0n) is 9.26. The number of hydrogen-bond donors (Lipinski definition) is 1. The summed E-state index contributed by atoms with van der Waals surface area (Å²) in [6.45, 7) is 4.17. The molecule has 0 spiro atoms. The Kier molecular flexibility index (Phi) is 3.03. The van der Waals surface area contributed by atoms with Crippen molar-refractivity contribution >= 4 is 11.8 Å². The van der Waals surface area contributed by atoms with Gasteiger partial charge in [0.25, 0.3) is 0 Å². The van der Waals surface area contributed by atoms with Crippen molar-refractivity contribution in [3.8, 4) is 0 Å². The van der Waals surface area contributed by atoms with Crippen LogP contribution in [0.4, 0.5) is 5.82 Å². The highest BCUT2D eigenvalue weighted by atomic mass is 16.4. The summed E-state index contributed by atoms with van der Waals surface area (Å²) in [5.74, 6) is 0.466. The molecule has 1 fully saturated rings. The highest BCUT2D eigenvalue weighted by Gasteiger charge is 2.22. The average Bonchev–Trinajstić information content (AvgIpc) is 2.77. The first kappa shape index (κ1) is 10.9. The van der Waals surface area contributed by atoms with Crippen LogP contribution < -0.4 is 4.90 Å². The summed E-state index contributed by atoms with van der Waals surface area (Å²) in [7, 11) is 0.